The van der Waals surface area contributed by atoms with Crippen molar-refractivity contribution in [3.8, 4) is 11.5 Å². The molecule has 1 fully saturated rings. The fourth-order valence-electron chi connectivity index (χ4n) is 2.40. The highest BCUT2D eigenvalue weighted by atomic mass is 16.5. The van der Waals surface area contributed by atoms with Gasteiger partial charge in [-0.05, 0) is 30.9 Å². The molecule has 0 spiro atoms. The lowest BCUT2D eigenvalue weighted by Gasteiger charge is -2.22. The van der Waals surface area contributed by atoms with Crippen molar-refractivity contribution in [3.63, 3.8) is 0 Å². The summed E-state index contributed by atoms with van der Waals surface area (Å²) in [6.07, 6.45) is 2.64. The average molecular weight is 335 g/mol. The van der Waals surface area contributed by atoms with Crippen molar-refractivity contribution in [3.05, 3.63) is 23.8 Å². The topological polar surface area (TPSA) is 55.3 Å². The third-order valence-electron chi connectivity index (χ3n) is 4.13. The van der Waals surface area contributed by atoms with Crippen molar-refractivity contribution in [2.45, 2.75) is 19.4 Å². The zero-order valence-corrected chi connectivity index (χ0v) is 15.2. The monoisotopic (exact) mass is 335 g/mol. The van der Waals surface area contributed by atoms with E-state index in [9.17, 15) is 0 Å². The molecular weight excluding hydrogens is 306 g/mol. The summed E-state index contributed by atoms with van der Waals surface area (Å²) in [5.74, 6) is 3.22. The number of ether oxygens (including phenoxy) is 3. The van der Waals surface area contributed by atoms with Crippen LogP contribution in [0.5, 0.6) is 11.5 Å². The summed E-state index contributed by atoms with van der Waals surface area (Å²) in [6.45, 7) is 3.06. The van der Waals surface area contributed by atoms with Gasteiger partial charge in [-0.2, -0.15) is 0 Å². The Balaban J connectivity index is 1.81. The second-order valence-electron chi connectivity index (χ2n) is 6.02. The molecule has 0 saturated heterocycles. The van der Waals surface area contributed by atoms with E-state index in [-0.39, 0.29) is 0 Å². The SMILES string of the molecule is CN=C(NCc1ccc(OC)cc1OC)N(C)CCOCC1CC1. The quantitative estimate of drug-likeness (QED) is 0.426. The Labute approximate surface area is 144 Å². The molecule has 1 aromatic rings. The van der Waals surface area contributed by atoms with Crippen molar-refractivity contribution >= 4 is 5.96 Å². The largest absolute Gasteiger partial charge is 0.497 e. The van der Waals surface area contributed by atoms with E-state index in [4.69, 9.17) is 14.2 Å². The normalized spacial score (nSPS) is 14.4. The highest BCUT2D eigenvalue weighted by molar-refractivity contribution is 5.79. The number of benzene rings is 1. The zero-order valence-electron chi connectivity index (χ0n) is 15.2. The Bertz CT molecular complexity index is 544. The van der Waals surface area contributed by atoms with E-state index in [2.05, 4.69) is 15.2 Å². The van der Waals surface area contributed by atoms with Crippen LogP contribution in [0.3, 0.4) is 0 Å². The molecule has 1 aromatic carbocycles. The van der Waals surface area contributed by atoms with Gasteiger partial charge in [0.1, 0.15) is 11.5 Å². The van der Waals surface area contributed by atoms with Crippen LogP contribution in [0.1, 0.15) is 18.4 Å². The Morgan fingerprint density at radius 2 is 2.08 bits per heavy atom. The highest BCUT2D eigenvalue weighted by Gasteiger charge is 2.21. The molecule has 6 heteroatoms. The van der Waals surface area contributed by atoms with Gasteiger partial charge in [-0.1, -0.05) is 0 Å². The van der Waals surface area contributed by atoms with Crippen molar-refractivity contribution in [2.24, 2.45) is 10.9 Å². The molecule has 24 heavy (non-hydrogen) atoms. The summed E-state index contributed by atoms with van der Waals surface area (Å²) < 4.78 is 16.3. The summed E-state index contributed by atoms with van der Waals surface area (Å²) in [7, 11) is 7.11. The molecule has 1 N–H and O–H groups in total. The molecule has 1 saturated carbocycles. The molecule has 1 aliphatic carbocycles. The van der Waals surface area contributed by atoms with E-state index in [0.717, 1.165) is 48.7 Å². The summed E-state index contributed by atoms with van der Waals surface area (Å²) in [6, 6.07) is 5.81. The number of guanidine groups is 1. The summed E-state index contributed by atoms with van der Waals surface area (Å²) in [5.41, 5.74) is 1.05. The van der Waals surface area contributed by atoms with Gasteiger partial charge in [-0.3, -0.25) is 4.99 Å². The molecule has 0 aliphatic heterocycles. The van der Waals surface area contributed by atoms with Crippen molar-refractivity contribution in [2.75, 3.05) is 48.1 Å². The molecule has 6 nitrogen and oxygen atoms in total. The Hall–Kier alpha value is -1.95. The maximum Gasteiger partial charge on any atom is 0.193 e. The molecule has 1 aliphatic rings. The van der Waals surface area contributed by atoms with E-state index in [0.29, 0.717) is 6.54 Å². The molecule has 0 radical (unpaired) electrons. The first-order valence-electron chi connectivity index (χ1n) is 8.38. The first-order valence-corrected chi connectivity index (χ1v) is 8.38. The Morgan fingerprint density at radius 1 is 1.29 bits per heavy atom. The zero-order chi connectivity index (χ0) is 17.4. The number of hydrogen-bond donors (Lipinski definition) is 1. The molecule has 0 bridgehead atoms. The van der Waals surface area contributed by atoms with Crippen LogP contribution in [-0.2, 0) is 11.3 Å². The van der Waals surface area contributed by atoms with Gasteiger partial charge in [0, 0.05) is 45.4 Å². The van der Waals surface area contributed by atoms with Crippen molar-refractivity contribution < 1.29 is 14.2 Å². The fourth-order valence-corrected chi connectivity index (χ4v) is 2.40. The van der Waals surface area contributed by atoms with E-state index >= 15 is 0 Å². The molecule has 0 aromatic heterocycles. The number of nitrogens with zero attached hydrogens (tertiary/aromatic N) is 2. The van der Waals surface area contributed by atoms with Crippen LogP contribution in [0.25, 0.3) is 0 Å². The third kappa shape index (κ3) is 5.60. The summed E-state index contributed by atoms with van der Waals surface area (Å²) in [4.78, 5) is 6.40. The Morgan fingerprint density at radius 3 is 2.71 bits per heavy atom. The van der Waals surface area contributed by atoms with Crippen LogP contribution >= 0.6 is 0 Å². The van der Waals surface area contributed by atoms with Crippen LogP contribution in [0, 0.1) is 5.92 Å². The number of aliphatic imine (C=N–C) groups is 1. The van der Waals surface area contributed by atoms with E-state index in [1.807, 2.05) is 25.2 Å². The lowest BCUT2D eigenvalue weighted by atomic mass is 10.2. The predicted molar refractivity (Wildman–Crippen MR) is 95.9 cm³/mol. The molecular formula is C18H29N3O3. The smallest absolute Gasteiger partial charge is 0.193 e. The number of methoxy groups -OCH3 is 2. The number of hydrogen-bond acceptors (Lipinski definition) is 4. The van der Waals surface area contributed by atoms with Crippen LogP contribution in [-0.4, -0.2) is 58.9 Å². The molecule has 0 atom stereocenters. The molecule has 134 valence electrons. The molecule has 0 heterocycles. The van der Waals surface area contributed by atoms with E-state index in [1.165, 1.54) is 12.8 Å². The number of likely N-dealkylation sites (N-methyl/N-ethyl adjacent to an activating group) is 1. The average Bonchev–Trinajstić information content (AvgIpc) is 3.43. The van der Waals surface area contributed by atoms with Gasteiger partial charge in [0.25, 0.3) is 0 Å². The Kier molecular flexibility index (Phi) is 7.18. The lowest BCUT2D eigenvalue weighted by molar-refractivity contribution is 0.115. The second kappa shape index (κ2) is 9.37. The predicted octanol–water partition coefficient (Wildman–Crippen LogP) is 2.14. The fraction of sp³-hybridized carbons (Fsp3) is 0.611. The van der Waals surface area contributed by atoms with Gasteiger partial charge in [-0.15, -0.1) is 0 Å². The van der Waals surface area contributed by atoms with Gasteiger partial charge in [0.2, 0.25) is 0 Å². The van der Waals surface area contributed by atoms with E-state index < -0.39 is 0 Å². The molecule has 0 unspecified atom stereocenters. The van der Waals surface area contributed by atoms with Gasteiger partial charge in [0.15, 0.2) is 5.96 Å². The second-order valence-corrected chi connectivity index (χ2v) is 6.02. The highest BCUT2D eigenvalue weighted by Crippen LogP contribution is 2.28. The van der Waals surface area contributed by atoms with Crippen molar-refractivity contribution in [1.82, 2.24) is 10.2 Å². The minimum absolute atomic E-state index is 0.632. The summed E-state index contributed by atoms with van der Waals surface area (Å²) in [5, 5.41) is 3.36. The minimum atomic E-state index is 0.632. The summed E-state index contributed by atoms with van der Waals surface area (Å²) >= 11 is 0. The number of nitrogens with one attached hydrogen (secondary N) is 1. The first kappa shape index (κ1) is 18.4. The van der Waals surface area contributed by atoms with Gasteiger partial charge < -0.3 is 24.4 Å². The van der Waals surface area contributed by atoms with Gasteiger partial charge in [-0.25, -0.2) is 0 Å². The maximum absolute atomic E-state index is 5.69. The number of rotatable bonds is 9. The molecule has 0 amide bonds. The third-order valence-corrected chi connectivity index (χ3v) is 4.13. The lowest BCUT2D eigenvalue weighted by Crippen LogP contribution is -2.40. The van der Waals surface area contributed by atoms with Gasteiger partial charge in [0.05, 0.1) is 20.8 Å². The van der Waals surface area contributed by atoms with Crippen LogP contribution in [0.2, 0.25) is 0 Å². The maximum atomic E-state index is 5.69. The standard InChI is InChI=1S/C18H29N3O3/c1-19-18(21(2)9-10-24-13-14-5-6-14)20-12-15-7-8-16(22-3)11-17(15)23-4/h7-8,11,14H,5-6,9-10,12-13H2,1-4H3,(H,19,20). The minimum Gasteiger partial charge on any atom is -0.497 e. The van der Waals surface area contributed by atoms with Crippen LogP contribution in [0.15, 0.2) is 23.2 Å². The van der Waals surface area contributed by atoms with Crippen molar-refractivity contribution in [1.29, 1.82) is 0 Å². The van der Waals surface area contributed by atoms with Crippen LogP contribution in [0.4, 0.5) is 0 Å². The van der Waals surface area contributed by atoms with E-state index in [1.54, 1.807) is 21.3 Å². The molecule has 2 rings (SSSR count). The first-order chi connectivity index (χ1) is 11.7. The van der Waals surface area contributed by atoms with Gasteiger partial charge >= 0.3 is 0 Å². The van der Waals surface area contributed by atoms with Crippen LogP contribution < -0.4 is 14.8 Å².